The molecule has 0 radical (unpaired) electrons. The van der Waals surface area contributed by atoms with Crippen LogP contribution in [0.2, 0.25) is 0 Å². The van der Waals surface area contributed by atoms with Crippen LogP contribution in [0.1, 0.15) is 27.0 Å². The number of benzene rings is 4. The Kier molecular flexibility index (Phi) is 5.40. The molecule has 4 aromatic carbocycles. The van der Waals surface area contributed by atoms with Crippen molar-refractivity contribution in [3.8, 4) is 0 Å². The molecule has 4 N–H and O–H groups in total. The van der Waals surface area contributed by atoms with Crippen LogP contribution in [0.4, 0.5) is 16.2 Å². The first kappa shape index (κ1) is 20.6. The molecule has 0 atom stereocenters. The van der Waals surface area contributed by atoms with E-state index in [1.165, 1.54) is 21.9 Å². The maximum Gasteiger partial charge on any atom is 0.318 e. The number of carbonyl (C=O) groups is 2. The van der Waals surface area contributed by atoms with E-state index in [4.69, 9.17) is 5.73 Å². The number of hydrogen-bond acceptors (Lipinski definition) is 3. The van der Waals surface area contributed by atoms with Crippen LogP contribution in [0.15, 0.2) is 84.9 Å². The van der Waals surface area contributed by atoms with Gasteiger partial charge < -0.3 is 21.3 Å². The molecule has 0 spiro atoms. The standard InChI is InChI=1S/C27H24N4O2/c28-23-9-1-2-10-24(23)30-26(32)20-13-11-18(12-14-20)15-29-27(33)31-16-21-7-3-5-19-6-4-8-22(17-31)25(19)21/h1-14H,15-17,28H2,(H,29,33)(H,30,32). The minimum absolute atomic E-state index is 0.108. The predicted octanol–water partition coefficient (Wildman–Crippen LogP) is 4.90. The van der Waals surface area contributed by atoms with Crippen molar-refractivity contribution in [3.63, 3.8) is 0 Å². The van der Waals surface area contributed by atoms with E-state index in [2.05, 4.69) is 34.9 Å². The Hall–Kier alpha value is -4.32. The van der Waals surface area contributed by atoms with Crippen molar-refractivity contribution in [1.29, 1.82) is 0 Å². The van der Waals surface area contributed by atoms with Gasteiger partial charge in [0.2, 0.25) is 0 Å². The summed E-state index contributed by atoms with van der Waals surface area (Å²) in [4.78, 5) is 27.2. The lowest BCUT2D eigenvalue weighted by Crippen LogP contribution is -2.40. The number of nitrogen functional groups attached to an aromatic ring is 1. The van der Waals surface area contributed by atoms with Crippen LogP contribution in [0, 0.1) is 0 Å². The fourth-order valence-electron chi connectivity index (χ4n) is 4.24. The first-order valence-electron chi connectivity index (χ1n) is 10.9. The highest BCUT2D eigenvalue weighted by Crippen LogP contribution is 2.29. The Bertz CT molecular complexity index is 1310. The molecule has 0 aliphatic carbocycles. The second-order valence-electron chi connectivity index (χ2n) is 8.19. The van der Waals surface area contributed by atoms with E-state index in [1.807, 2.05) is 41.3 Å². The minimum atomic E-state index is -0.232. The molecular formula is C27H24N4O2. The lowest BCUT2D eigenvalue weighted by atomic mass is 9.95. The zero-order valence-electron chi connectivity index (χ0n) is 18.0. The average Bonchev–Trinajstić information content (AvgIpc) is 2.84. The first-order valence-corrected chi connectivity index (χ1v) is 10.9. The van der Waals surface area contributed by atoms with Gasteiger partial charge in [0.15, 0.2) is 0 Å². The number of hydrogen-bond donors (Lipinski definition) is 3. The summed E-state index contributed by atoms with van der Waals surface area (Å²) in [5.74, 6) is -0.232. The molecule has 0 bridgehead atoms. The highest BCUT2D eigenvalue weighted by Gasteiger charge is 2.22. The van der Waals surface area contributed by atoms with Gasteiger partial charge in [-0.2, -0.15) is 0 Å². The van der Waals surface area contributed by atoms with Gasteiger partial charge in [-0.3, -0.25) is 4.79 Å². The Morgan fingerprint density at radius 1 is 0.818 bits per heavy atom. The molecule has 0 unspecified atom stereocenters. The van der Waals surface area contributed by atoms with Gasteiger partial charge in [-0.1, -0.05) is 60.7 Å². The zero-order valence-corrected chi connectivity index (χ0v) is 18.0. The zero-order chi connectivity index (χ0) is 22.8. The second-order valence-corrected chi connectivity index (χ2v) is 8.19. The maximum absolute atomic E-state index is 12.8. The van der Waals surface area contributed by atoms with Gasteiger partial charge in [0, 0.05) is 25.2 Å². The molecule has 6 heteroatoms. The van der Waals surface area contributed by atoms with Crippen molar-refractivity contribution in [2.75, 3.05) is 11.1 Å². The van der Waals surface area contributed by atoms with Gasteiger partial charge in [0.05, 0.1) is 11.4 Å². The van der Waals surface area contributed by atoms with E-state index in [0.717, 1.165) is 5.56 Å². The third-order valence-corrected chi connectivity index (χ3v) is 5.96. The molecule has 6 nitrogen and oxygen atoms in total. The quantitative estimate of drug-likeness (QED) is 0.398. The second kappa shape index (κ2) is 8.67. The monoisotopic (exact) mass is 436 g/mol. The summed E-state index contributed by atoms with van der Waals surface area (Å²) in [6, 6.07) is 26.6. The lowest BCUT2D eigenvalue weighted by molar-refractivity contribution is 0.102. The summed E-state index contributed by atoms with van der Waals surface area (Å²) in [6.45, 7) is 1.55. The Morgan fingerprint density at radius 3 is 2.15 bits per heavy atom. The highest BCUT2D eigenvalue weighted by atomic mass is 16.2. The van der Waals surface area contributed by atoms with Crippen molar-refractivity contribution in [2.45, 2.75) is 19.6 Å². The van der Waals surface area contributed by atoms with Crippen LogP contribution in [0.5, 0.6) is 0 Å². The summed E-state index contributed by atoms with van der Waals surface area (Å²) >= 11 is 0. The Morgan fingerprint density at radius 2 is 1.48 bits per heavy atom. The van der Waals surface area contributed by atoms with Gasteiger partial charge in [0.25, 0.3) is 5.91 Å². The highest BCUT2D eigenvalue weighted by molar-refractivity contribution is 6.05. The van der Waals surface area contributed by atoms with E-state index in [-0.39, 0.29) is 11.9 Å². The van der Waals surface area contributed by atoms with Crippen LogP contribution >= 0.6 is 0 Å². The van der Waals surface area contributed by atoms with Crippen molar-refractivity contribution in [3.05, 3.63) is 107 Å². The number of carbonyl (C=O) groups excluding carboxylic acids is 2. The summed E-state index contributed by atoms with van der Waals surface area (Å²) in [6.07, 6.45) is 0. The van der Waals surface area contributed by atoms with Crippen molar-refractivity contribution < 1.29 is 9.59 Å². The number of amides is 3. The number of urea groups is 1. The fraction of sp³-hybridized carbons (Fsp3) is 0.111. The Balaban J connectivity index is 1.20. The molecule has 1 heterocycles. The van der Waals surface area contributed by atoms with Crippen LogP contribution in [-0.4, -0.2) is 16.8 Å². The molecule has 5 rings (SSSR count). The number of para-hydroxylation sites is 2. The van der Waals surface area contributed by atoms with Crippen LogP contribution in [-0.2, 0) is 19.6 Å². The third-order valence-electron chi connectivity index (χ3n) is 5.96. The number of rotatable bonds is 4. The molecule has 1 aliphatic heterocycles. The average molecular weight is 437 g/mol. The number of nitrogens with one attached hydrogen (secondary N) is 2. The number of nitrogens with two attached hydrogens (primary N) is 1. The topological polar surface area (TPSA) is 87.5 Å². The number of anilines is 2. The largest absolute Gasteiger partial charge is 0.397 e. The van der Waals surface area contributed by atoms with Gasteiger partial charge in [-0.25, -0.2) is 4.79 Å². The van der Waals surface area contributed by atoms with Crippen molar-refractivity contribution >= 4 is 34.1 Å². The molecule has 1 aliphatic rings. The molecule has 0 aromatic heterocycles. The van der Waals surface area contributed by atoms with Crippen LogP contribution in [0.25, 0.3) is 10.8 Å². The van der Waals surface area contributed by atoms with Gasteiger partial charge in [-0.05, 0) is 51.7 Å². The van der Waals surface area contributed by atoms with Crippen molar-refractivity contribution in [1.82, 2.24) is 10.2 Å². The smallest absolute Gasteiger partial charge is 0.318 e. The van der Waals surface area contributed by atoms with Crippen molar-refractivity contribution in [2.24, 2.45) is 0 Å². The normalized spacial score (nSPS) is 12.4. The molecule has 0 saturated heterocycles. The first-order chi connectivity index (χ1) is 16.1. The SMILES string of the molecule is Nc1ccccc1NC(=O)c1ccc(CNC(=O)N2Cc3cccc4cccc(c34)C2)cc1. The third kappa shape index (κ3) is 4.23. The summed E-state index contributed by atoms with van der Waals surface area (Å²) in [5.41, 5.74) is 10.8. The summed E-state index contributed by atoms with van der Waals surface area (Å²) < 4.78 is 0. The van der Waals surface area contributed by atoms with E-state index < -0.39 is 0 Å². The van der Waals surface area contributed by atoms with Crippen LogP contribution in [0.3, 0.4) is 0 Å². The number of nitrogens with zero attached hydrogens (tertiary/aromatic N) is 1. The molecule has 0 fully saturated rings. The van der Waals surface area contributed by atoms with Gasteiger partial charge >= 0.3 is 6.03 Å². The molecule has 164 valence electrons. The molecule has 4 aromatic rings. The molecule has 0 saturated carbocycles. The minimum Gasteiger partial charge on any atom is -0.397 e. The van der Waals surface area contributed by atoms with Gasteiger partial charge in [0.1, 0.15) is 0 Å². The predicted molar refractivity (Wildman–Crippen MR) is 131 cm³/mol. The Labute approximate surface area is 192 Å². The fourth-order valence-corrected chi connectivity index (χ4v) is 4.24. The van der Waals surface area contributed by atoms with E-state index in [9.17, 15) is 9.59 Å². The molecule has 3 amide bonds. The molecule has 33 heavy (non-hydrogen) atoms. The molecular weight excluding hydrogens is 412 g/mol. The van der Waals surface area contributed by atoms with Gasteiger partial charge in [-0.15, -0.1) is 0 Å². The van der Waals surface area contributed by atoms with E-state index in [1.54, 1.807) is 24.3 Å². The summed E-state index contributed by atoms with van der Waals surface area (Å²) in [7, 11) is 0. The van der Waals surface area contributed by atoms with E-state index in [0.29, 0.717) is 36.6 Å². The lowest BCUT2D eigenvalue weighted by Gasteiger charge is -2.29. The maximum atomic E-state index is 12.8. The summed E-state index contributed by atoms with van der Waals surface area (Å²) in [5, 5.41) is 8.28. The van der Waals surface area contributed by atoms with Crippen LogP contribution < -0.4 is 16.4 Å². The van der Waals surface area contributed by atoms with E-state index >= 15 is 0 Å².